The van der Waals surface area contributed by atoms with Crippen molar-refractivity contribution in [2.75, 3.05) is 0 Å². The van der Waals surface area contributed by atoms with E-state index in [4.69, 9.17) is 4.74 Å². The zero-order chi connectivity index (χ0) is 19.1. The van der Waals surface area contributed by atoms with Crippen molar-refractivity contribution in [2.24, 2.45) is 11.8 Å². The number of phenols is 1. The predicted octanol–water partition coefficient (Wildman–Crippen LogP) is 4.62. The van der Waals surface area contributed by atoms with Gasteiger partial charge in [0.2, 0.25) is 0 Å². The van der Waals surface area contributed by atoms with Crippen molar-refractivity contribution >= 4 is 11.8 Å². The molecular formula is C22H28O4. The fourth-order valence-electron chi connectivity index (χ4n) is 3.18. The van der Waals surface area contributed by atoms with Crippen LogP contribution >= 0.6 is 0 Å². The first-order chi connectivity index (χ1) is 12.4. The van der Waals surface area contributed by atoms with Gasteiger partial charge in [-0.15, -0.1) is 0 Å². The zero-order valence-electron chi connectivity index (χ0n) is 15.8. The number of carbonyl (C=O) groups is 2. The van der Waals surface area contributed by atoms with Crippen molar-refractivity contribution in [3.8, 4) is 5.75 Å². The Labute approximate surface area is 155 Å². The van der Waals surface area contributed by atoms with E-state index in [9.17, 15) is 14.7 Å². The second-order valence-corrected chi connectivity index (χ2v) is 7.19. The number of rotatable bonds is 3. The Morgan fingerprint density at radius 3 is 2.77 bits per heavy atom. The van der Waals surface area contributed by atoms with Crippen molar-refractivity contribution in [3.05, 3.63) is 53.6 Å². The number of allylic oxidation sites excluding steroid dienone is 3. The molecule has 0 fully saturated rings. The second kappa shape index (κ2) is 9.37. The molecule has 2 rings (SSSR count). The van der Waals surface area contributed by atoms with Crippen molar-refractivity contribution < 1.29 is 19.4 Å². The van der Waals surface area contributed by atoms with Crippen molar-refractivity contribution in [1.29, 1.82) is 0 Å². The summed E-state index contributed by atoms with van der Waals surface area (Å²) in [6.07, 6.45) is 9.87. The molecule has 3 atom stereocenters. The Balaban J connectivity index is 2.32. The van der Waals surface area contributed by atoms with E-state index in [1.54, 1.807) is 12.1 Å². The SMILES string of the molecule is CC(=O)/C=C/CC1CC(C)C(C)C/C=C/Cc2cccc(O)c2C(=O)O1. The molecular weight excluding hydrogens is 328 g/mol. The summed E-state index contributed by atoms with van der Waals surface area (Å²) >= 11 is 0. The molecule has 0 saturated carbocycles. The number of hydrogen-bond donors (Lipinski definition) is 1. The summed E-state index contributed by atoms with van der Waals surface area (Å²) in [5.41, 5.74) is 0.990. The minimum Gasteiger partial charge on any atom is -0.507 e. The van der Waals surface area contributed by atoms with Crippen LogP contribution in [-0.2, 0) is 16.0 Å². The summed E-state index contributed by atoms with van der Waals surface area (Å²) in [7, 11) is 0. The Kier molecular flexibility index (Phi) is 7.19. The molecule has 0 amide bonds. The third-order valence-electron chi connectivity index (χ3n) is 4.98. The van der Waals surface area contributed by atoms with Crippen LogP contribution in [0.2, 0.25) is 0 Å². The summed E-state index contributed by atoms with van der Waals surface area (Å²) in [4.78, 5) is 23.9. The molecule has 1 aromatic rings. The Morgan fingerprint density at radius 2 is 2.04 bits per heavy atom. The van der Waals surface area contributed by atoms with Gasteiger partial charge in [0.1, 0.15) is 17.4 Å². The number of ether oxygens (including phenoxy) is 1. The second-order valence-electron chi connectivity index (χ2n) is 7.19. The Hall–Kier alpha value is -2.36. The molecule has 0 aliphatic carbocycles. The molecule has 0 spiro atoms. The number of benzene rings is 1. The number of fused-ring (bicyclic) bond motifs is 1. The van der Waals surface area contributed by atoms with E-state index in [0.29, 0.717) is 31.1 Å². The Bertz CT molecular complexity index is 702. The number of cyclic esters (lactones) is 1. The third-order valence-corrected chi connectivity index (χ3v) is 4.98. The Morgan fingerprint density at radius 1 is 1.27 bits per heavy atom. The summed E-state index contributed by atoms with van der Waals surface area (Å²) < 4.78 is 5.75. The van der Waals surface area contributed by atoms with Crippen LogP contribution in [0.1, 0.15) is 56.0 Å². The normalized spacial score (nSPS) is 25.7. The van der Waals surface area contributed by atoms with Gasteiger partial charge < -0.3 is 9.84 Å². The number of aromatic hydroxyl groups is 1. The van der Waals surface area contributed by atoms with Gasteiger partial charge in [-0.05, 0) is 55.7 Å². The summed E-state index contributed by atoms with van der Waals surface area (Å²) in [6.45, 7) is 5.85. The first-order valence-electron chi connectivity index (χ1n) is 9.22. The maximum atomic E-state index is 12.7. The lowest BCUT2D eigenvalue weighted by Crippen LogP contribution is -2.24. The lowest BCUT2D eigenvalue weighted by molar-refractivity contribution is -0.112. The smallest absolute Gasteiger partial charge is 0.342 e. The topological polar surface area (TPSA) is 63.6 Å². The molecule has 140 valence electrons. The molecule has 0 saturated heterocycles. The molecule has 1 aliphatic rings. The fourth-order valence-corrected chi connectivity index (χ4v) is 3.18. The number of hydrogen-bond acceptors (Lipinski definition) is 4. The summed E-state index contributed by atoms with van der Waals surface area (Å²) in [5.74, 6) is 0.239. The highest BCUT2D eigenvalue weighted by atomic mass is 16.5. The predicted molar refractivity (Wildman–Crippen MR) is 102 cm³/mol. The summed E-state index contributed by atoms with van der Waals surface area (Å²) in [6, 6.07) is 5.08. The number of phenolic OH excluding ortho intramolecular Hbond substituents is 1. The molecule has 1 N–H and O–H groups in total. The van der Waals surface area contributed by atoms with Crippen molar-refractivity contribution in [2.45, 2.75) is 52.6 Å². The van der Waals surface area contributed by atoms with Crippen LogP contribution in [0.4, 0.5) is 0 Å². The molecule has 0 aromatic heterocycles. The zero-order valence-corrected chi connectivity index (χ0v) is 15.8. The van der Waals surface area contributed by atoms with Crippen LogP contribution in [0.5, 0.6) is 5.75 Å². The standard InChI is InChI=1S/C22H28O4/c1-15-8-4-5-10-18-11-7-13-20(24)21(18)22(25)26-19(14-16(15)2)12-6-9-17(3)23/h4-7,9,11,13,15-16,19,24H,8,10,12,14H2,1-3H3/b5-4+,9-6+. The molecule has 26 heavy (non-hydrogen) atoms. The van der Waals surface area contributed by atoms with Crippen LogP contribution in [0.3, 0.4) is 0 Å². The molecule has 1 aromatic carbocycles. The van der Waals surface area contributed by atoms with Crippen LogP contribution in [0.25, 0.3) is 0 Å². The van der Waals surface area contributed by atoms with Crippen molar-refractivity contribution in [3.63, 3.8) is 0 Å². The average Bonchev–Trinajstić information content (AvgIpc) is 2.57. The molecule has 0 bridgehead atoms. The van der Waals surface area contributed by atoms with Gasteiger partial charge in [0.05, 0.1) is 0 Å². The van der Waals surface area contributed by atoms with Gasteiger partial charge in [-0.25, -0.2) is 4.79 Å². The monoisotopic (exact) mass is 356 g/mol. The number of esters is 1. The van der Waals surface area contributed by atoms with E-state index < -0.39 is 5.97 Å². The van der Waals surface area contributed by atoms with Crippen molar-refractivity contribution in [1.82, 2.24) is 0 Å². The molecule has 4 heteroatoms. The van der Waals surface area contributed by atoms with Gasteiger partial charge in [0, 0.05) is 6.42 Å². The first-order valence-corrected chi connectivity index (χ1v) is 9.22. The lowest BCUT2D eigenvalue weighted by atomic mass is 9.87. The molecule has 1 heterocycles. The number of carbonyl (C=O) groups excluding carboxylic acids is 2. The maximum absolute atomic E-state index is 12.7. The molecule has 0 radical (unpaired) electrons. The quantitative estimate of drug-likeness (QED) is 0.488. The van der Waals surface area contributed by atoms with E-state index >= 15 is 0 Å². The van der Waals surface area contributed by atoms with E-state index in [1.165, 1.54) is 19.1 Å². The highest BCUT2D eigenvalue weighted by molar-refractivity contribution is 5.94. The van der Waals surface area contributed by atoms with E-state index in [1.807, 2.05) is 12.1 Å². The molecule has 1 aliphatic heterocycles. The van der Waals surface area contributed by atoms with Gasteiger partial charge in [-0.2, -0.15) is 0 Å². The fraction of sp³-hybridized carbons (Fsp3) is 0.455. The molecule has 3 unspecified atom stereocenters. The van der Waals surface area contributed by atoms with Crippen LogP contribution < -0.4 is 0 Å². The van der Waals surface area contributed by atoms with Crippen LogP contribution in [0.15, 0.2) is 42.5 Å². The van der Waals surface area contributed by atoms with Gasteiger partial charge in [0.15, 0.2) is 5.78 Å². The van der Waals surface area contributed by atoms with Gasteiger partial charge in [-0.3, -0.25) is 4.79 Å². The third kappa shape index (κ3) is 5.58. The minimum atomic E-state index is -0.506. The minimum absolute atomic E-state index is 0.0287. The average molecular weight is 356 g/mol. The first kappa shape index (κ1) is 20.0. The summed E-state index contributed by atoms with van der Waals surface area (Å²) in [5, 5.41) is 10.2. The largest absolute Gasteiger partial charge is 0.507 e. The van der Waals surface area contributed by atoms with Crippen LogP contribution in [0, 0.1) is 11.8 Å². The highest BCUT2D eigenvalue weighted by Gasteiger charge is 2.24. The van der Waals surface area contributed by atoms with E-state index in [-0.39, 0.29) is 23.2 Å². The molecule has 4 nitrogen and oxygen atoms in total. The van der Waals surface area contributed by atoms with Crippen LogP contribution in [-0.4, -0.2) is 23.0 Å². The van der Waals surface area contributed by atoms with E-state index in [2.05, 4.69) is 19.9 Å². The lowest BCUT2D eigenvalue weighted by Gasteiger charge is -2.25. The van der Waals surface area contributed by atoms with Gasteiger partial charge >= 0.3 is 5.97 Å². The van der Waals surface area contributed by atoms with Gasteiger partial charge in [0.25, 0.3) is 0 Å². The highest BCUT2D eigenvalue weighted by Crippen LogP contribution is 2.28. The number of ketones is 1. The van der Waals surface area contributed by atoms with Gasteiger partial charge in [-0.1, -0.05) is 44.2 Å². The van der Waals surface area contributed by atoms with E-state index in [0.717, 1.165) is 12.0 Å². The maximum Gasteiger partial charge on any atom is 0.342 e.